The number of hydrogen-bond acceptors (Lipinski definition) is 2. The maximum atomic E-state index is 13.3. The first kappa shape index (κ1) is 10.1. The molecule has 0 radical (unpaired) electrons. The van der Waals surface area contributed by atoms with Crippen LogP contribution in [0.4, 0.5) is 8.78 Å². The molecule has 0 aromatic heterocycles. The van der Waals surface area contributed by atoms with E-state index in [0.717, 1.165) is 6.07 Å². The second-order valence-electron chi connectivity index (χ2n) is 3.77. The molecule has 1 aliphatic rings. The van der Waals surface area contributed by atoms with E-state index in [9.17, 15) is 8.78 Å². The van der Waals surface area contributed by atoms with Gasteiger partial charge in [0, 0.05) is 11.6 Å². The third kappa shape index (κ3) is 1.71. The molecule has 0 bridgehead atoms. The SMILES string of the molecule is Cc1c(C2=NCC(C)N2)ccc(F)c1F. The Morgan fingerprint density at radius 1 is 1.40 bits per heavy atom. The summed E-state index contributed by atoms with van der Waals surface area (Å²) in [5.74, 6) is -0.960. The van der Waals surface area contributed by atoms with Gasteiger partial charge in [0.1, 0.15) is 5.84 Å². The lowest BCUT2D eigenvalue weighted by atomic mass is 10.1. The lowest BCUT2D eigenvalue weighted by molar-refractivity contribution is 0.502. The first-order valence-corrected chi connectivity index (χ1v) is 4.85. The Kier molecular flexibility index (Phi) is 2.42. The summed E-state index contributed by atoms with van der Waals surface area (Å²) in [7, 11) is 0. The summed E-state index contributed by atoms with van der Waals surface area (Å²) >= 11 is 0. The average Bonchev–Trinajstić information content (AvgIpc) is 2.61. The van der Waals surface area contributed by atoms with Crippen molar-refractivity contribution in [3.8, 4) is 0 Å². The molecule has 1 atom stereocenters. The number of aliphatic imine (C=N–C) groups is 1. The van der Waals surface area contributed by atoms with Crippen LogP contribution >= 0.6 is 0 Å². The average molecular weight is 210 g/mol. The molecule has 80 valence electrons. The highest BCUT2D eigenvalue weighted by Crippen LogP contribution is 2.17. The van der Waals surface area contributed by atoms with Crippen molar-refractivity contribution in [1.82, 2.24) is 5.32 Å². The van der Waals surface area contributed by atoms with Gasteiger partial charge in [-0.25, -0.2) is 8.78 Å². The van der Waals surface area contributed by atoms with Crippen LogP contribution in [-0.4, -0.2) is 18.4 Å². The van der Waals surface area contributed by atoms with E-state index in [4.69, 9.17) is 0 Å². The normalized spacial score (nSPS) is 20.0. The van der Waals surface area contributed by atoms with Crippen molar-refractivity contribution in [1.29, 1.82) is 0 Å². The zero-order chi connectivity index (χ0) is 11.0. The maximum absolute atomic E-state index is 13.3. The topological polar surface area (TPSA) is 24.4 Å². The fourth-order valence-electron chi connectivity index (χ4n) is 1.62. The van der Waals surface area contributed by atoms with Crippen LogP contribution in [0.25, 0.3) is 0 Å². The monoisotopic (exact) mass is 210 g/mol. The van der Waals surface area contributed by atoms with Crippen LogP contribution in [0.5, 0.6) is 0 Å². The van der Waals surface area contributed by atoms with E-state index in [1.165, 1.54) is 0 Å². The number of benzene rings is 1. The van der Waals surface area contributed by atoms with Gasteiger partial charge in [-0.3, -0.25) is 4.99 Å². The van der Waals surface area contributed by atoms with Crippen molar-refractivity contribution in [2.75, 3.05) is 6.54 Å². The van der Waals surface area contributed by atoms with Gasteiger partial charge in [-0.05, 0) is 31.5 Å². The molecule has 15 heavy (non-hydrogen) atoms. The van der Waals surface area contributed by atoms with E-state index >= 15 is 0 Å². The number of nitrogens with zero attached hydrogens (tertiary/aromatic N) is 1. The standard InChI is InChI=1S/C11H12F2N2/c1-6-5-14-11(15-6)8-3-4-9(12)10(13)7(8)2/h3-4,6H,5H2,1-2H3,(H,14,15). The molecule has 2 rings (SSSR count). The van der Waals surface area contributed by atoms with Crippen molar-refractivity contribution < 1.29 is 8.78 Å². The predicted molar refractivity (Wildman–Crippen MR) is 55.1 cm³/mol. The molecule has 0 spiro atoms. The van der Waals surface area contributed by atoms with Gasteiger partial charge < -0.3 is 5.32 Å². The fraction of sp³-hybridized carbons (Fsp3) is 0.364. The van der Waals surface area contributed by atoms with Crippen LogP contribution < -0.4 is 5.32 Å². The summed E-state index contributed by atoms with van der Waals surface area (Å²) in [5, 5.41) is 3.12. The largest absolute Gasteiger partial charge is 0.366 e. The zero-order valence-electron chi connectivity index (χ0n) is 8.64. The molecular weight excluding hydrogens is 198 g/mol. The Morgan fingerprint density at radius 3 is 2.73 bits per heavy atom. The number of rotatable bonds is 1. The van der Waals surface area contributed by atoms with Crippen molar-refractivity contribution in [3.05, 3.63) is 34.9 Å². The lowest BCUT2D eigenvalue weighted by Gasteiger charge is -2.09. The molecule has 0 aliphatic carbocycles. The second kappa shape index (κ2) is 3.61. The summed E-state index contributed by atoms with van der Waals surface area (Å²) < 4.78 is 26.2. The first-order chi connectivity index (χ1) is 7.09. The third-order valence-corrected chi connectivity index (χ3v) is 2.50. The molecule has 1 aromatic rings. The Balaban J connectivity index is 2.42. The number of halogens is 2. The fourth-order valence-corrected chi connectivity index (χ4v) is 1.62. The summed E-state index contributed by atoms with van der Waals surface area (Å²) in [6.45, 7) is 4.22. The van der Waals surface area contributed by atoms with Crippen LogP contribution in [-0.2, 0) is 0 Å². The Labute approximate surface area is 87.0 Å². The van der Waals surface area contributed by atoms with Crippen molar-refractivity contribution >= 4 is 5.84 Å². The second-order valence-corrected chi connectivity index (χ2v) is 3.77. The molecule has 1 unspecified atom stereocenters. The minimum absolute atomic E-state index is 0.257. The van der Waals surface area contributed by atoms with E-state index in [2.05, 4.69) is 10.3 Å². The molecule has 2 nitrogen and oxygen atoms in total. The molecule has 0 saturated heterocycles. The van der Waals surface area contributed by atoms with Gasteiger partial charge in [-0.15, -0.1) is 0 Å². The number of nitrogens with one attached hydrogen (secondary N) is 1. The molecule has 1 aromatic carbocycles. The Hall–Kier alpha value is -1.45. The molecule has 0 saturated carbocycles. The number of amidine groups is 1. The predicted octanol–water partition coefficient (Wildman–Crippen LogP) is 2.01. The van der Waals surface area contributed by atoms with Gasteiger partial charge in [0.15, 0.2) is 11.6 Å². The van der Waals surface area contributed by atoms with Crippen LogP contribution in [0.1, 0.15) is 18.1 Å². The van der Waals surface area contributed by atoms with Crippen LogP contribution in [0, 0.1) is 18.6 Å². The molecular formula is C11H12F2N2. The van der Waals surface area contributed by atoms with Crippen LogP contribution in [0.3, 0.4) is 0 Å². The van der Waals surface area contributed by atoms with Gasteiger partial charge in [0.2, 0.25) is 0 Å². The van der Waals surface area contributed by atoms with Crippen molar-refractivity contribution in [2.45, 2.75) is 19.9 Å². The Morgan fingerprint density at radius 2 is 2.13 bits per heavy atom. The molecule has 0 amide bonds. The molecule has 0 fully saturated rings. The highest BCUT2D eigenvalue weighted by atomic mass is 19.2. The summed E-state index contributed by atoms with van der Waals surface area (Å²) in [6, 6.07) is 2.94. The van der Waals surface area contributed by atoms with Crippen LogP contribution in [0.15, 0.2) is 17.1 Å². The van der Waals surface area contributed by atoms with E-state index in [0.29, 0.717) is 23.5 Å². The lowest BCUT2D eigenvalue weighted by Crippen LogP contribution is -2.28. The van der Waals surface area contributed by atoms with E-state index in [-0.39, 0.29) is 6.04 Å². The minimum atomic E-state index is -0.817. The van der Waals surface area contributed by atoms with E-state index in [1.54, 1.807) is 13.0 Å². The van der Waals surface area contributed by atoms with Gasteiger partial charge in [0.05, 0.1) is 6.54 Å². The third-order valence-electron chi connectivity index (χ3n) is 2.50. The summed E-state index contributed by atoms with van der Waals surface area (Å²) in [4.78, 5) is 4.23. The van der Waals surface area contributed by atoms with Gasteiger partial charge in [-0.1, -0.05) is 0 Å². The van der Waals surface area contributed by atoms with Crippen molar-refractivity contribution in [2.24, 2.45) is 4.99 Å². The molecule has 1 aliphatic heterocycles. The van der Waals surface area contributed by atoms with Crippen LogP contribution in [0.2, 0.25) is 0 Å². The quantitative estimate of drug-likeness (QED) is 0.753. The van der Waals surface area contributed by atoms with Gasteiger partial charge in [-0.2, -0.15) is 0 Å². The molecule has 1 heterocycles. The smallest absolute Gasteiger partial charge is 0.162 e. The highest BCUT2D eigenvalue weighted by Gasteiger charge is 2.18. The highest BCUT2D eigenvalue weighted by molar-refractivity contribution is 6.01. The van der Waals surface area contributed by atoms with E-state index in [1.807, 2.05) is 6.92 Å². The maximum Gasteiger partial charge on any atom is 0.162 e. The first-order valence-electron chi connectivity index (χ1n) is 4.85. The van der Waals surface area contributed by atoms with Gasteiger partial charge >= 0.3 is 0 Å². The Bertz CT molecular complexity index is 427. The molecule has 4 heteroatoms. The summed E-state index contributed by atoms with van der Waals surface area (Å²) in [6.07, 6.45) is 0. The molecule has 1 N–H and O–H groups in total. The minimum Gasteiger partial charge on any atom is -0.366 e. The summed E-state index contributed by atoms with van der Waals surface area (Å²) in [5.41, 5.74) is 0.939. The zero-order valence-corrected chi connectivity index (χ0v) is 8.64. The van der Waals surface area contributed by atoms with E-state index < -0.39 is 11.6 Å². The number of hydrogen-bond donors (Lipinski definition) is 1. The van der Waals surface area contributed by atoms with Crippen molar-refractivity contribution in [3.63, 3.8) is 0 Å². The van der Waals surface area contributed by atoms with Gasteiger partial charge in [0.25, 0.3) is 0 Å².